The first kappa shape index (κ1) is 16.8. The molecular weight excluding hydrogens is 320 g/mol. The summed E-state index contributed by atoms with van der Waals surface area (Å²) >= 11 is 7.34. The molecule has 6 heteroatoms. The van der Waals surface area contributed by atoms with Crippen molar-refractivity contribution in [2.75, 3.05) is 12.4 Å². The fourth-order valence-electron chi connectivity index (χ4n) is 1.91. The average Bonchev–Trinajstić information content (AvgIpc) is 2.54. The SMILES string of the molecule is O=C(CSCc1cccnc1)NC(CO)c1ccc(Cl)cc1. The van der Waals surface area contributed by atoms with Crippen LogP contribution in [0.25, 0.3) is 0 Å². The molecule has 1 unspecified atom stereocenters. The molecular formula is C16H17ClN2O2S. The number of amides is 1. The number of hydrogen-bond donors (Lipinski definition) is 2. The molecule has 0 radical (unpaired) electrons. The van der Waals surface area contributed by atoms with Crippen molar-refractivity contribution in [2.24, 2.45) is 0 Å². The molecule has 1 heterocycles. The van der Waals surface area contributed by atoms with Gasteiger partial charge in [0.2, 0.25) is 5.91 Å². The lowest BCUT2D eigenvalue weighted by Crippen LogP contribution is -2.32. The van der Waals surface area contributed by atoms with Gasteiger partial charge < -0.3 is 10.4 Å². The molecule has 0 aliphatic heterocycles. The molecule has 0 fully saturated rings. The van der Waals surface area contributed by atoms with Gasteiger partial charge in [-0.25, -0.2) is 0 Å². The van der Waals surface area contributed by atoms with E-state index in [1.165, 1.54) is 11.8 Å². The van der Waals surface area contributed by atoms with E-state index in [0.717, 1.165) is 16.9 Å². The number of pyridine rings is 1. The highest BCUT2D eigenvalue weighted by molar-refractivity contribution is 7.99. The lowest BCUT2D eigenvalue weighted by atomic mass is 10.1. The van der Waals surface area contributed by atoms with E-state index in [1.807, 2.05) is 12.1 Å². The van der Waals surface area contributed by atoms with Crippen molar-refractivity contribution in [3.05, 3.63) is 64.9 Å². The van der Waals surface area contributed by atoms with Crippen molar-refractivity contribution in [1.82, 2.24) is 10.3 Å². The van der Waals surface area contributed by atoms with Crippen LogP contribution in [0.2, 0.25) is 5.02 Å². The Hall–Kier alpha value is -1.56. The number of aliphatic hydroxyl groups is 1. The Balaban J connectivity index is 1.81. The standard InChI is InChI=1S/C16H17ClN2O2S/c17-14-5-3-13(4-6-14)15(9-20)19-16(21)11-22-10-12-2-1-7-18-8-12/h1-8,15,20H,9-11H2,(H,19,21). The quantitative estimate of drug-likeness (QED) is 0.816. The van der Waals surface area contributed by atoms with Gasteiger partial charge in [-0.1, -0.05) is 29.8 Å². The second kappa shape index (κ2) is 8.78. The predicted molar refractivity (Wildman–Crippen MR) is 89.8 cm³/mol. The first-order valence-corrected chi connectivity index (χ1v) is 8.34. The first-order valence-electron chi connectivity index (χ1n) is 6.81. The van der Waals surface area contributed by atoms with Gasteiger partial charge >= 0.3 is 0 Å². The van der Waals surface area contributed by atoms with Gasteiger partial charge in [-0.2, -0.15) is 0 Å². The van der Waals surface area contributed by atoms with Crippen LogP contribution < -0.4 is 5.32 Å². The molecule has 0 saturated heterocycles. The van der Waals surface area contributed by atoms with E-state index in [9.17, 15) is 9.90 Å². The van der Waals surface area contributed by atoms with Crippen LogP contribution in [0.15, 0.2) is 48.8 Å². The van der Waals surface area contributed by atoms with E-state index < -0.39 is 6.04 Å². The van der Waals surface area contributed by atoms with Crippen LogP contribution >= 0.6 is 23.4 Å². The number of nitrogens with one attached hydrogen (secondary N) is 1. The fourth-order valence-corrected chi connectivity index (χ4v) is 2.81. The second-order valence-electron chi connectivity index (χ2n) is 4.71. The zero-order valence-corrected chi connectivity index (χ0v) is 13.5. The van der Waals surface area contributed by atoms with E-state index in [2.05, 4.69) is 10.3 Å². The minimum absolute atomic E-state index is 0.108. The number of aliphatic hydroxyl groups excluding tert-OH is 1. The first-order chi connectivity index (χ1) is 10.7. The third-order valence-corrected chi connectivity index (χ3v) is 4.27. The van der Waals surface area contributed by atoms with Crippen molar-refractivity contribution in [1.29, 1.82) is 0 Å². The minimum atomic E-state index is -0.413. The zero-order valence-electron chi connectivity index (χ0n) is 11.9. The topological polar surface area (TPSA) is 62.2 Å². The van der Waals surface area contributed by atoms with Gasteiger partial charge in [0.15, 0.2) is 0 Å². The highest BCUT2D eigenvalue weighted by Crippen LogP contribution is 2.17. The molecule has 0 spiro atoms. The number of carbonyl (C=O) groups is 1. The summed E-state index contributed by atoms with van der Waals surface area (Å²) in [5, 5.41) is 12.9. The molecule has 0 bridgehead atoms. The summed E-state index contributed by atoms with van der Waals surface area (Å²) in [4.78, 5) is 16.0. The third kappa shape index (κ3) is 5.33. The summed E-state index contributed by atoms with van der Waals surface area (Å²) in [6.45, 7) is -0.152. The van der Waals surface area contributed by atoms with Crippen molar-refractivity contribution in [3.8, 4) is 0 Å². The van der Waals surface area contributed by atoms with Crippen LogP contribution in [-0.2, 0) is 10.5 Å². The van der Waals surface area contributed by atoms with Gasteiger partial charge in [-0.05, 0) is 29.3 Å². The number of rotatable bonds is 7. The number of halogens is 1. The van der Waals surface area contributed by atoms with Gasteiger partial charge in [-0.3, -0.25) is 9.78 Å². The predicted octanol–water partition coefficient (Wildman–Crippen LogP) is 2.82. The highest BCUT2D eigenvalue weighted by Gasteiger charge is 2.13. The van der Waals surface area contributed by atoms with Crippen LogP contribution in [0.1, 0.15) is 17.2 Å². The maximum absolute atomic E-state index is 12.0. The van der Waals surface area contributed by atoms with E-state index in [-0.39, 0.29) is 12.5 Å². The Morgan fingerprint density at radius 2 is 2.09 bits per heavy atom. The van der Waals surface area contributed by atoms with Gasteiger partial charge in [0.25, 0.3) is 0 Å². The molecule has 0 aliphatic carbocycles. The van der Waals surface area contributed by atoms with Gasteiger partial charge in [0, 0.05) is 23.2 Å². The largest absolute Gasteiger partial charge is 0.394 e. The third-order valence-electron chi connectivity index (χ3n) is 3.01. The molecule has 2 aromatic rings. The van der Waals surface area contributed by atoms with E-state index in [4.69, 9.17) is 11.6 Å². The van der Waals surface area contributed by atoms with Crippen LogP contribution in [0, 0.1) is 0 Å². The van der Waals surface area contributed by atoms with Crippen molar-refractivity contribution in [2.45, 2.75) is 11.8 Å². The van der Waals surface area contributed by atoms with Gasteiger partial charge in [-0.15, -0.1) is 11.8 Å². The molecule has 1 atom stereocenters. The summed E-state index contributed by atoms with van der Waals surface area (Å²) in [6, 6.07) is 10.5. The molecule has 22 heavy (non-hydrogen) atoms. The molecule has 1 aromatic carbocycles. The van der Waals surface area contributed by atoms with E-state index >= 15 is 0 Å². The van der Waals surface area contributed by atoms with Crippen molar-refractivity contribution < 1.29 is 9.90 Å². The second-order valence-corrected chi connectivity index (χ2v) is 6.13. The van der Waals surface area contributed by atoms with Gasteiger partial charge in [0.05, 0.1) is 18.4 Å². The number of aromatic nitrogens is 1. The summed E-state index contributed by atoms with van der Waals surface area (Å²) in [5.41, 5.74) is 1.91. The maximum Gasteiger partial charge on any atom is 0.230 e. The molecule has 2 N–H and O–H groups in total. The molecule has 1 aromatic heterocycles. The summed E-state index contributed by atoms with van der Waals surface area (Å²) in [5.74, 6) is 0.952. The average molecular weight is 337 g/mol. The summed E-state index contributed by atoms with van der Waals surface area (Å²) in [7, 11) is 0. The van der Waals surface area contributed by atoms with Crippen LogP contribution in [0.3, 0.4) is 0 Å². The monoisotopic (exact) mass is 336 g/mol. The normalized spacial score (nSPS) is 11.9. The molecule has 2 rings (SSSR count). The van der Waals surface area contributed by atoms with Crippen molar-refractivity contribution >= 4 is 29.3 Å². The van der Waals surface area contributed by atoms with Crippen molar-refractivity contribution in [3.63, 3.8) is 0 Å². The molecule has 0 saturated carbocycles. The van der Waals surface area contributed by atoms with Crippen LogP contribution in [0.5, 0.6) is 0 Å². The molecule has 0 aliphatic rings. The fraction of sp³-hybridized carbons (Fsp3) is 0.250. The number of carbonyl (C=O) groups excluding carboxylic acids is 1. The minimum Gasteiger partial charge on any atom is -0.394 e. The smallest absolute Gasteiger partial charge is 0.230 e. The maximum atomic E-state index is 12.0. The zero-order chi connectivity index (χ0) is 15.8. The van der Waals surface area contributed by atoms with Gasteiger partial charge in [0.1, 0.15) is 0 Å². The Bertz CT molecular complexity index is 593. The Kier molecular flexibility index (Phi) is 6.71. The van der Waals surface area contributed by atoms with E-state index in [1.54, 1.807) is 36.7 Å². The molecule has 1 amide bonds. The summed E-state index contributed by atoms with van der Waals surface area (Å²) < 4.78 is 0. The molecule has 4 nitrogen and oxygen atoms in total. The Labute approximate surface area is 138 Å². The lowest BCUT2D eigenvalue weighted by Gasteiger charge is -2.16. The summed E-state index contributed by atoms with van der Waals surface area (Å²) in [6.07, 6.45) is 3.51. The molecule has 116 valence electrons. The number of nitrogens with zero attached hydrogens (tertiary/aromatic N) is 1. The number of hydrogen-bond acceptors (Lipinski definition) is 4. The van der Waals surface area contributed by atoms with Crippen LogP contribution in [0.4, 0.5) is 0 Å². The number of thioether (sulfide) groups is 1. The van der Waals surface area contributed by atoms with Crippen LogP contribution in [-0.4, -0.2) is 28.4 Å². The highest BCUT2D eigenvalue weighted by atomic mass is 35.5. The Morgan fingerprint density at radius 3 is 2.73 bits per heavy atom. The Morgan fingerprint density at radius 1 is 1.32 bits per heavy atom. The van der Waals surface area contributed by atoms with E-state index in [0.29, 0.717) is 10.8 Å². The number of benzene rings is 1. The lowest BCUT2D eigenvalue weighted by molar-refractivity contribution is -0.119.